The Bertz CT molecular complexity index is 409. The van der Waals surface area contributed by atoms with Crippen molar-refractivity contribution in [2.24, 2.45) is 16.6 Å². The van der Waals surface area contributed by atoms with Gasteiger partial charge in [0.15, 0.2) is 0 Å². The third-order valence-electron chi connectivity index (χ3n) is 3.66. The Balaban J connectivity index is 1.85. The van der Waals surface area contributed by atoms with Crippen LogP contribution in [0.3, 0.4) is 0 Å². The number of rotatable bonds is 4. The minimum Gasteiger partial charge on any atom is -0.387 e. The molecule has 18 heavy (non-hydrogen) atoms. The van der Waals surface area contributed by atoms with Gasteiger partial charge in [0.2, 0.25) is 0 Å². The van der Waals surface area contributed by atoms with E-state index in [0.717, 1.165) is 24.2 Å². The van der Waals surface area contributed by atoms with E-state index < -0.39 is 0 Å². The Kier molecular flexibility index (Phi) is 4.73. The number of aliphatic imine (C=N–C) groups is 1. The van der Waals surface area contributed by atoms with Crippen LogP contribution in [-0.2, 0) is 6.42 Å². The van der Waals surface area contributed by atoms with Gasteiger partial charge in [-0.1, -0.05) is 37.5 Å². The molecular formula is C15H21FN2. The second kappa shape index (κ2) is 6.53. The first-order valence-corrected chi connectivity index (χ1v) is 6.80. The molecule has 1 aromatic carbocycles. The first-order chi connectivity index (χ1) is 8.77. The Labute approximate surface area is 108 Å². The summed E-state index contributed by atoms with van der Waals surface area (Å²) >= 11 is 0. The van der Waals surface area contributed by atoms with Gasteiger partial charge in [0, 0.05) is 12.5 Å². The van der Waals surface area contributed by atoms with Crippen LogP contribution < -0.4 is 5.73 Å². The zero-order valence-electron chi connectivity index (χ0n) is 10.7. The molecule has 0 amide bonds. The molecule has 0 aromatic heterocycles. The summed E-state index contributed by atoms with van der Waals surface area (Å²) in [6, 6.07) is 6.86. The molecule has 3 heteroatoms. The molecule has 0 unspecified atom stereocenters. The van der Waals surface area contributed by atoms with Crippen LogP contribution >= 0.6 is 0 Å². The normalized spacial score (nSPS) is 17.9. The lowest BCUT2D eigenvalue weighted by molar-refractivity contribution is 0.436. The number of nitrogens with zero attached hydrogens (tertiary/aromatic N) is 1. The van der Waals surface area contributed by atoms with Gasteiger partial charge in [-0.2, -0.15) is 0 Å². The zero-order valence-corrected chi connectivity index (χ0v) is 10.7. The van der Waals surface area contributed by atoms with E-state index in [-0.39, 0.29) is 5.82 Å². The number of hydrogen-bond donors (Lipinski definition) is 1. The second-order valence-electron chi connectivity index (χ2n) is 4.98. The van der Waals surface area contributed by atoms with E-state index in [0.29, 0.717) is 18.9 Å². The molecule has 1 saturated carbocycles. The van der Waals surface area contributed by atoms with Crippen molar-refractivity contribution in [2.75, 3.05) is 6.54 Å². The number of benzene rings is 1. The number of hydrogen-bond acceptors (Lipinski definition) is 1. The first kappa shape index (κ1) is 13.1. The van der Waals surface area contributed by atoms with Crippen LogP contribution in [-0.4, -0.2) is 12.4 Å². The number of nitrogens with two attached hydrogens (primary N) is 1. The molecule has 1 fully saturated rings. The molecule has 1 aliphatic rings. The standard InChI is InChI=1S/C15H21FN2/c16-14-9-5-4-6-12(14)10-11-18-15(17)13-7-2-1-3-8-13/h4-6,9,13H,1-3,7-8,10-11H2,(H2,17,18). The molecule has 0 heterocycles. The molecule has 1 aromatic rings. The first-order valence-electron chi connectivity index (χ1n) is 6.80. The Morgan fingerprint density at radius 2 is 1.94 bits per heavy atom. The zero-order chi connectivity index (χ0) is 12.8. The largest absolute Gasteiger partial charge is 0.387 e. The van der Waals surface area contributed by atoms with Gasteiger partial charge in [-0.15, -0.1) is 0 Å². The molecule has 0 bridgehead atoms. The lowest BCUT2D eigenvalue weighted by atomic mass is 9.88. The van der Waals surface area contributed by atoms with Crippen molar-refractivity contribution in [3.05, 3.63) is 35.6 Å². The van der Waals surface area contributed by atoms with Gasteiger partial charge in [0.25, 0.3) is 0 Å². The maximum atomic E-state index is 13.4. The Morgan fingerprint density at radius 3 is 2.67 bits per heavy atom. The highest BCUT2D eigenvalue weighted by Crippen LogP contribution is 2.23. The lowest BCUT2D eigenvalue weighted by Gasteiger charge is -2.20. The highest BCUT2D eigenvalue weighted by atomic mass is 19.1. The second-order valence-corrected chi connectivity index (χ2v) is 4.98. The van der Waals surface area contributed by atoms with Crippen LogP contribution in [0.2, 0.25) is 0 Å². The van der Waals surface area contributed by atoms with E-state index in [4.69, 9.17) is 5.73 Å². The average Bonchev–Trinajstić information content (AvgIpc) is 2.42. The molecule has 2 rings (SSSR count). The monoisotopic (exact) mass is 248 g/mol. The summed E-state index contributed by atoms with van der Waals surface area (Å²) in [5.41, 5.74) is 6.73. The van der Waals surface area contributed by atoms with Crippen molar-refractivity contribution in [2.45, 2.75) is 38.5 Å². The van der Waals surface area contributed by atoms with E-state index in [1.165, 1.54) is 25.3 Å². The van der Waals surface area contributed by atoms with Gasteiger partial charge in [-0.25, -0.2) is 4.39 Å². The van der Waals surface area contributed by atoms with Gasteiger partial charge >= 0.3 is 0 Å². The van der Waals surface area contributed by atoms with E-state index >= 15 is 0 Å². The Hall–Kier alpha value is -1.38. The maximum absolute atomic E-state index is 13.4. The number of halogens is 1. The molecule has 1 aliphatic carbocycles. The predicted molar refractivity (Wildman–Crippen MR) is 73.2 cm³/mol. The van der Waals surface area contributed by atoms with Gasteiger partial charge in [-0.3, -0.25) is 4.99 Å². The van der Waals surface area contributed by atoms with Gasteiger partial charge in [0.1, 0.15) is 5.82 Å². The van der Waals surface area contributed by atoms with Crippen LogP contribution in [0.25, 0.3) is 0 Å². The van der Waals surface area contributed by atoms with Gasteiger partial charge < -0.3 is 5.73 Å². The SMILES string of the molecule is NC(=NCCc1ccccc1F)C1CCCCC1. The molecule has 2 nitrogen and oxygen atoms in total. The highest BCUT2D eigenvalue weighted by molar-refractivity contribution is 5.82. The summed E-state index contributed by atoms with van der Waals surface area (Å²) in [7, 11) is 0. The lowest BCUT2D eigenvalue weighted by Crippen LogP contribution is -2.26. The fourth-order valence-corrected chi connectivity index (χ4v) is 2.53. The Morgan fingerprint density at radius 1 is 1.22 bits per heavy atom. The third-order valence-corrected chi connectivity index (χ3v) is 3.66. The van der Waals surface area contributed by atoms with Crippen LogP contribution in [0.1, 0.15) is 37.7 Å². The van der Waals surface area contributed by atoms with E-state index in [2.05, 4.69) is 4.99 Å². The van der Waals surface area contributed by atoms with Crippen LogP contribution in [0.5, 0.6) is 0 Å². The fourth-order valence-electron chi connectivity index (χ4n) is 2.53. The molecule has 0 spiro atoms. The average molecular weight is 248 g/mol. The van der Waals surface area contributed by atoms with Crippen molar-refractivity contribution in [1.29, 1.82) is 0 Å². The predicted octanol–water partition coefficient (Wildman–Crippen LogP) is 3.31. The van der Waals surface area contributed by atoms with Crippen LogP contribution in [0.4, 0.5) is 4.39 Å². The summed E-state index contributed by atoms with van der Waals surface area (Å²) in [5.74, 6) is 1.08. The summed E-state index contributed by atoms with van der Waals surface area (Å²) < 4.78 is 13.4. The van der Waals surface area contributed by atoms with Crippen molar-refractivity contribution >= 4 is 5.84 Å². The van der Waals surface area contributed by atoms with Crippen LogP contribution in [0.15, 0.2) is 29.3 Å². The molecule has 0 radical (unpaired) electrons. The van der Waals surface area contributed by atoms with E-state index in [9.17, 15) is 4.39 Å². The molecule has 0 aliphatic heterocycles. The van der Waals surface area contributed by atoms with Crippen molar-refractivity contribution in [1.82, 2.24) is 0 Å². The van der Waals surface area contributed by atoms with Gasteiger partial charge in [0.05, 0.1) is 5.84 Å². The minimum atomic E-state index is -0.149. The minimum absolute atomic E-state index is 0.149. The quantitative estimate of drug-likeness (QED) is 0.644. The summed E-state index contributed by atoms with van der Waals surface area (Å²) in [4.78, 5) is 4.41. The topological polar surface area (TPSA) is 38.4 Å². The summed E-state index contributed by atoms with van der Waals surface area (Å²) in [6.07, 6.45) is 6.78. The summed E-state index contributed by atoms with van der Waals surface area (Å²) in [6.45, 7) is 0.587. The summed E-state index contributed by atoms with van der Waals surface area (Å²) in [5, 5.41) is 0. The molecule has 0 saturated heterocycles. The van der Waals surface area contributed by atoms with Crippen molar-refractivity contribution < 1.29 is 4.39 Å². The molecule has 0 atom stereocenters. The van der Waals surface area contributed by atoms with Gasteiger partial charge in [-0.05, 0) is 30.9 Å². The van der Waals surface area contributed by atoms with Crippen molar-refractivity contribution in [3.63, 3.8) is 0 Å². The third kappa shape index (κ3) is 3.56. The maximum Gasteiger partial charge on any atom is 0.126 e. The van der Waals surface area contributed by atoms with E-state index in [1.807, 2.05) is 12.1 Å². The smallest absolute Gasteiger partial charge is 0.126 e. The number of amidine groups is 1. The molecule has 2 N–H and O–H groups in total. The fraction of sp³-hybridized carbons (Fsp3) is 0.533. The highest BCUT2D eigenvalue weighted by Gasteiger charge is 2.16. The molecular weight excluding hydrogens is 227 g/mol. The van der Waals surface area contributed by atoms with E-state index in [1.54, 1.807) is 6.07 Å². The van der Waals surface area contributed by atoms with Crippen LogP contribution in [0, 0.1) is 11.7 Å². The van der Waals surface area contributed by atoms with Crippen molar-refractivity contribution in [3.8, 4) is 0 Å². The molecule has 98 valence electrons.